The fraction of sp³-hybridized carbons (Fsp3) is 0.643. The van der Waals surface area contributed by atoms with Crippen LogP contribution in [0.15, 0.2) is 11.4 Å². The van der Waals surface area contributed by atoms with Crippen molar-refractivity contribution in [3.05, 3.63) is 21.9 Å². The Morgan fingerprint density at radius 3 is 2.71 bits per heavy atom. The number of thiophene rings is 1. The molecule has 0 saturated heterocycles. The van der Waals surface area contributed by atoms with Crippen LogP contribution in [-0.2, 0) is 0 Å². The second-order valence-electron chi connectivity index (χ2n) is 4.58. The van der Waals surface area contributed by atoms with Gasteiger partial charge in [0.25, 0.3) is 0 Å². The largest absolute Gasteiger partial charge is 0.330 e. The van der Waals surface area contributed by atoms with Crippen molar-refractivity contribution < 1.29 is 4.79 Å². The summed E-state index contributed by atoms with van der Waals surface area (Å²) in [5.74, 6) is 0.912. The molecular weight excluding hydrogens is 230 g/mol. The molecule has 1 heterocycles. The molecule has 2 N–H and O–H groups in total. The summed E-state index contributed by atoms with van der Waals surface area (Å²) >= 11 is 1.65. The lowest BCUT2D eigenvalue weighted by molar-refractivity contribution is 0.0972. The topological polar surface area (TPSA) is 43.1 Å². The fourth-order valence-corrected chi connectivity index (χ4v) is 2.94. The molecule has 1 unspecified atom stereocenters. The molecule has 1 aromatic heterocycles. The first kappa shape index (κ1) is 14.4. The molecule has 96 valence electrons. The van der Waals surface area contributed by atoms with E-state index in [1.807, 2.05) is 18.4 Å². The van der Waals surface area contributed by atoms with Crippen LogP contribution in [0.25, 0.3) is 0 Å². The number of hydrogen-bond donors (Lipinski definition) is 1. The van der Waals surface area contributed by atoms with E-state index in [0.29, 0.717) is 18.1 Å². The van der Waals surface area contributed by atoms with Crippen molar-refractivity contribution >= 4 is 17.1 Å². The van der Waals surface area contributed by atoms with Crippen LogP contribution in [0, 0.1) is 12.8 Å². The van der Waals surface area contributed by atoms with Crippen molar-refractivity contribution in [3.8, 4) is 0 Å². The van der Waals surface area contributed by atoms with E-state index in [1.165, 1.54) is 12.8 Å². The summed E-state index contributed by atoms with van der Waals surface area (Å²) in [6.45, 7) is 4.94. The maximum Gasteiger partial charge on any atom is 0.163 e. The number of ketones is 1. The minimum absolute atomic E-state index is 0.293. The highest BCUT2D eigenvalue weighted by molar-refractivity contribution is 7.10. The molecule has 17 heavy (non-hydrogen) atoms. The third-order valence-corrected chi connectivity index (χ3v) is 4.06. The van der Waals surface area contributed by atoms with Crippen molar-refractivity contribution in [1.29, 1.82) is 0 Å². The van der Waals surface area contributed by atoms with Crippen LogP contribution in [0.1, 0.15) is 54.3 Å². The van der Waals surface area contributed by atoms with Crippen molar-refractivity contribution in [1.82, 2.24) is 0 Å². The molecule has 0 aromatic carbocycles. The number of rotatable bonds is 8. The maximum absolute atomic E-state index is 12.0. The minimum atomic E-state index is 0.293. The van der Waals surface area contributed by atoms with E-state index >= 15 is 0 Å². The molecule has 0 spiro atoms. The van der Waals surface area contributed by atoms with Crippen LogP contribution in [0.3, 0.4) is 0 Å². The molecule has 0 fully saturated rings. The molecule has 1 atom stereocenters. The first-order valence-corrected chi connectivity index (χ1v) is 7.34. The summed E-state index contributed by atoms with van der Waals surface area (Å²) in [5, 5.41) is 1.99. The number of carbonyl (C=O) groups is 1. The van der Waals surface area contributed by atoms with E-state index in [-0.39, 0.29) is 0 Å². The lowest BCUT2D eigenvalue weighted by Gasteiger charge is -2.14. The highest BCUT2D eigenvalue weighted by Crippen LogP contribution is 2.21. The number of carbonyl (C=O) groups excluding carboxylic acids is 1. The summed E-state index contributed by atoms with van der Waals surface area (Å²) in [4.78, 5) is 13.2. The van der Waals surface area contributed by atoms with Gasteiger partial charge >= 0.3 is 0 Å². The quantitative estimate of drug-likeness (QED) is 0.716. The Morgan fingerprint density at radius 1 is 1.41 bits per heavy atom. The number of hydrogen-bond acceptors (Lipinski definition) is 3. The third-order valence-electron chi connectivity index (χ3n) is 3.21. The van der Waals surface area contributed by atoms with Gasteiger partial charge in [0.2, 0.25) is 0 Å². The lowest BCUT2D eigenvalue weighted by atomic mass is 9.92. The molecule has 3 heteroatoms. The highest BCUT2D eigenvalue weighted by atomic mass is 32.1. The number of Topliss-reactive ketones (excluding diaryl/α,β-unsaturated/α-hetero) is 1. The van der Waals surface area contributed by atoms with Gasteiger partial charge in [0, 0.05) is 16.9 Å². The standard InChI is InChI=1S/C14H23NOS/c1-3-4-12(7-9-15)5-6-14(16)13-8-10-17-11(13)2/h8,10,12H,3-7,9,15H2,1-2H3. The summed E-state index contributed by atoms with van der Waals surface area (Å²) in [6.07, 6.45) is 5.06. The van der Waals surface area contributed by atoms with Crippen LogP contribution in [0.2, 0.25) is 0 Å². The summed E-state index contributed by atoms with van der Waals surface area (Å²) in [6, 6.07) is 1.94. The Kier molecular flexibility index (Phi) is 6.45. The van der Waals surface area contributed by atoms with E-state index in [0.717, 1.165) is 29.8 Å². The van der Waals surface area contributed by atoms with E-state index in [4.69, 9.17) is 5.73 Å². The predicted molar refractivity (Wildman–Crippen MR) is 74.7 cm³/mol. The molecule has 2 nitrogen and oxygen atoms in total. The summed E-state index contributed by atoms with van der Waals surface area (Å²) in [5.41, 5.74) is 6.52. The Balaban J connectivity index is 2.43. The average Bonchev–Trinajstić information content (AvgIpc) is 2.72. The van der Waals surface area contributed by atoms with E-state index in [9.17, 15) is 4.79 Å². The number of nitrogens with two attached hydrogens (primary N) is 1. The first-order valence-electron chi connectivity index (χ1n) is 6.46. The molecule has 1 rings (SSSR count). The van der Waals surface area contributed by atoms with Crippen LogP contribution in [0.4, 0.5) is 0 Å². The van der Waals surface area contributed by atoms with Crippen LogP contribution in [-0.4, -0.2) is 12.3 Å². The predicted octanol–water partition coefficient (Wildman–Crippen LogP) is 3.78. The van der Waals surface area contributed by atoms with E-state index < -0.39 is 0 Å². The molecule has 0 saturated carbocycles. The summed E-state index contributed by atoms with van der Waals surface area (Å²) < 4.78 is 0. The normalized spacial score (nSPS) is 12.6. The van der Waals surface area contributed by atoms with Gasteiger partial charge in [-0.15, -0.1) is 11.3 Å². The van der Waals surface area contributed by atoms with Gasteiger partial charge in [-0.2, -0.15) is 0 Å². The van der Waals surface area contributed by atoms with E-state index in [1.54, 1.807) is 11.3 Å². The maximum atomic E-state index is 12.0. The SMILES string of the molecule is CCCC(CCN)CCC(=O)c1ccsc1C. The van der Waals surface area contributed by atoms with Crippen LogP contribution in [0.5, 0.6) is 0 Å². The first-order chi connectivity index (χ1) is 8.19. The van der Waals surface area contributed by atoms with Crippen LogP contribution >= 0.6 is 11.3 Å². The monoisotopic (exact) mass is 253 g/mol. The Hall–Kier alpha value is -0.670. The second-order valence-corrected chi connectivity index (χ2v) is 5.70. The zero-order valence-electron chi connectivity index (χ0n) is 10.9. The molecule has 1 aromatic rings. The van der Waals surface area contributed by atoms with Crippen LogP contribution < -0.4 is 5.73 Å². The van der Waals surface area contributed by atoms with Crippen molar-refractivity contribution in [2.45, 2.75) is 46.0 Å². The van der Waals surface area contributed by atoms with Gasteiger partial charge in [-0.3, -0.25) is 4.79 Å². The second kappa shape index (κ2) is 7.62. The zero-order chi connectivity index (χ0) is 12.7. The number of aryl methyl sites for hydroxylation is 1. The van der Waals surface area contributed by atoms with Gasteiger partial charge in [0.05, 0.1) is 0 Å². The van der Waals surface area contributed by atoms with Crippen molar-refractivity contribution in [2.75, 3.05) is 6.54 Å². The van der Waals surface area contributed by atoms with Gasteiger partial charge in [-0.05, 0) is 43.7 Å². The Labute approximate surface area is 108 Å². The third kappa shape index (κ3) is 4.60. The van der Waals surface area contributed by atoms with Gasteiger partial charge in [0.1, 0.15) is 0 Å². The van der Waals surface area contributed by atoms with Crippen molar-refractivity contribution in [3.63, 3.8) is 0 Å². The average molecular weight is 253 g/mol. The van der Waals surface area contributed by atoms with Gasteiger partial charge in [-0.1, -0.05) is 19.8 Å². The molecule has 0 bridgehead atoms. The lowest BCUT2D eigenvalue weighted by Crippen LogP contribution is -2.11. The van der Waals surface area contributed by atoms with Gasteiger partial charge in [-0.25, -0.2) is 0 Å². The molecule has 0 radical (unpaired) electrons. The molecule has 0 aliphatic carbocycles. The summed E-state index contributed by atoms with van der Waals surface area (Å²) in [7, 11) is 0. The van der Waals surface area contributed by atoms with Gasteiger partial charge in [0.15, 0.2) is 5.78 Å². The van der Waals surface area contributed by atoms with Gasteiger partial charge < -0.3 is 5.73 Å². The molecular formula is C14H23NOS. The fourth-order valence-electron chi connectivity index (χ4n) is 2.22. The Morgan fingerprint density at radius 2 is 2.18 bits per heavy atom. The zero-order valence-corrected chi connectivity index (χ0v) is 11.7. The highest BCUT2D eigenvalue weighted by Gasteiger charge is 2.13. The molecule has 0 aliphatic rings. The van der Waals surface area contributed by atoms with E-state index in [2.05, 4.69) is 6.92 Å². The Bertz CT molecular complexity index is 340. The molecule has 0 amide bonds. The minimum Gasteiger partial charge on any atom is -0.330 e. The smallest absolute Gasteiger partial charge is 0.163 e. The molecule has 0 aliphatic heterocycles. The van der Waals surface area contributed by atoms with Crippen molar-refractivity contribution in [2.24, 2.45) is 11.7 Å².